The van der Waals surface area contributed by atoms with Gasteiger partial charge in [0.2, 0.25) is 11.8 Å². The van der Waals surface area contributed by atoms with Crippen LogP contribution in [0.4, 0.5) is 0 Å². The summed E-state index contributed by atoms with van der Waals surface area (Å²) in [4.78, 5) is 28.9. The maximum atomic E-state index is 12.8. The fourth-order valence-electron chi connectivity index (χ4n) is 3.01. The molecule has 0 aromatic heterocycles. The third-order valence-electron chi connectivity index (χ3n) is 4.48. The van der Waals surface area contributed by atoms with E-state index < -0.39 is 5.41 Å². The SMILES string of the molecule is CN(Cc1ccccc1)C(=O)C1(C(=O)N2CCOCC2)CC1. The fourth-order valence-corrected chi connectivity index (χ4v) is 3.01. The van der Waals surface area contributed by atoms with Crippen molar-refractivity contribution < 1.29 is 14.3 Å². The average molecular weight is 302 g/mol. The van der Waals surface area contributed by atoms with Gasteiger partial charge in [0.25, 0.3) is 0 Å². The number of nitrogens with zero attached hydrogens (tertiary/aromatic N) is 2. The summed E-state index contributed by atoms with van der Waals surface area (Å²) in [6, 6.07) is 9.86. The summed E-state index contributed by atoms with van der Waals surface area (Å²) in [6.07, 6.45) is 1.34. The van der Waals surface area contributed by atoms with E-state index in [4.69, 9.17) is 4.74 Å². The molecule has 1 aromatic carbocycles. The van der Waals surface area contributed by atoms with Gasteiger partial charge in [-0.3, -0.25) is 9.59 Å². The second kappa shape index (κ2) is 6.08. The molecule has 0 N–H and O–H groups in total. The number of amides is 2. The van der Waals surface area contributed by atoms with Gasteiger partial charge in [0.1, 0.15) is 5.41 Å². The average Bonchev–Trinajstić information content (AvgIpc) is 3.37. The minimum atomic E-state index is -0.805. The number of rotatable bonds is 4. The summed E-state index contributed by atoms with van der Waals surface area (Å²) in [6.45, 7) is 2.86. The number of morpholine rings is 1. The Morgan fingerprint density at radius 1 is 1.18 bits per heavy atom. The zero-order chi connectivity index (χ0) is 15.6. The molecule has 0 bridgehead atoms. The summed E-state index contributed by atoms with van der Waals surface area (Å²) in [5.41, 5.74) is 0.272. The normalized spacial score (nSPS) is 19.6. The number of ether oxygens (including phenoxy) is 1. The Kier molecular flexibility index (Phi) is 4.16. The third kappa shape index (κ3) is 2.86. The van der Waals surface area contributed by atoms with Gasteiger partial charge >= 0.3 is 0 Å². The lowest BCUT2D eigenvalue weighted by Crippen LogP contribution is -2.49. The standard InChI is InChI=1S/C17H22N2O3/c1-18(13-14-5-3-2-4-6-14)15(20)17(7-8-17)16(21)19-9-11-22-12-10-19/h2-6H,7-13H2,1H3. The molecule has 1 saturated carbocycles. The second-order valence-electron chi connectivity index (χ2n) is 6.13. The Labute approximate surface area is 130 Å². The highest BCUT2D eigenvalue weighted by molar-refractivity contribution is 6.07. The summed E-state index contributed by atoms with van der Waals surface area (Å²) >= 11 is 0. The molecule has 1 saturated heterocycles. The van der Waals surface area contributed by atoms with Gasteiger partial charge in [-0.2, -0.15) is 0 Å². The first-order valence-electron chi connectivity index (χ1n) is 7.80. The molecule has 2 aliphatic rings. The Hall–Kier alpha value is -1.88. The van der Waals surface area contributed by atoms with Gasteiger partial charge in [0.05, 0.1) is 13.2 Å². The van der Waals surface area contributed by atoms with Gasteiger partial charge in [-0.15, -0.1) is 0 Å². The third-order valence-corrected chi connectivity index (χ3v) is 4.48. The van der Waals surface area contributed by atoms with Crippen molar-refractivity contribution >= 4 is 11.8 Å². The van der Waals surface area contributed by atoms with Crippen molar-refractivity contribution in [1.82, 2.24) is 9.80 Å². The lowest BCUT2D eigenvalue weighted by atomic mass is 10.0. The molecule has 2 fully saturated rings. The molecular formula is C17H22N2O3. The minimum Gasteiger partial charge on any atom is -0.378 e. The summed E-state index contributed by atoms with van der Waals surface area (Å²) in [7, 11) is 1.78. The predicted molar refractivity (Wildman–Crippen MR) is 82.0 cm³/mol. The van der Waals surface area contributed by atoms with Crippen LogP contribution in [0.5, 0.6) is 0 Å². The Balaban J connectivity index is 1.66. The van der Waals surface area contributed by atoms with E-state index in [1.165, 1.54) is 0 Å². The fraction of sp³-hybridized carbons (Fsp3) is 0.529. The van der Waals surface area contributed by atoms with E-state index in [0.717, 1.165) is 5.56 Å². The lowest BCUT2D eigenvalue weighted by molar-refractivity contribution is -0.151. The van der Waals surface area contributed by atoms with Gasteiger partial charge in [0, 0.05) is 26.7 Å². The van der Waals surface area contributed by atoms with Crippen LogP contribution in [0.15, 0.2) is 30.3 Å². The Morgan fingerprint density at radius 3 is 2.41 bits per heavy atom. The number of hydrogen-bond donors (Lipinski definition) is 0. The molecule has 1 heterocycles. The molecule has 22 heavy (non-hydrogen) atoms. The highest BCUT2D eigenvalue weighted by Gasteiger charge is 2.59. The largest absolute Gasteiger partial charge is 0.378 e. The highest BCUT2D eigenvalue weighted by Crippen LogP contribution is 2.49. The first kappa shape index (κ1) is 15.0. The van der Waals surface area contributed by atoms with E-state index in [9.17, 15) is 9.59 Å². The van der Waals surface area contributed by atoms with Crippen molar-refractivity contribution in [3.8, 4) is 0 Å². The van der Waals surface area contributed by atoms with Crippen LogP contribution in [0.3, 0.4) is 0 Å². The van der Waals surface area contributed by atoms with E-state index >= 15 is 0 Å². The van der Waals surface area contributed by atoms with Gasteiger partial charge in [-0.05, 0) is 18.4 Å². The molecule has 0 unspecified atom stereocenters. The summed E-state index contributed by atoms with van der Waals surface area (Å²) < 4.78 is 5.28. The van der Waals surface area contributed by atoms with E-state index in [1.54, 1.807) is 16.8 Å². The Morgan fingerprint density at radius 2 is 1.82 bits per heavy atom. The van der Waals surface area contributed by atoms with Crippen molar-refractivity contribution in [3.63, 3.8) is 0 Å². The van der Waals surface area contributed by atoms with E-state index in [-0.39, 0.29) is 11.8 Å². The molecule has 1 aliphatic carbocycles. The molecule has 0 spiro atoms. The van der Waals surface area contributed by atoms with Crippen molar-refractivity contribution in [1.29, 1.82) is 0 Å². The van der Waals surface area contributed by atoms with Crippen LogP contribution in [0.1, 0.15) is 18.4 Å². The quantitative estimate of drug-likeness (QED) is 0.787. The molecule has 0 radical (unpaired) electrons. The smallest absolute Gasteiger partial charge is 0.238 e. The van der Waals surface area contributed by atoms with Gasteiger partial charge in [-0.25, -0.2) is 0 Å². The Bertz CT molecular complexity index is 548. The van der Waals surface area contributed by atoms with Crippen molar-refractivity contribution in [2.75, 3.05) is 33.4 Å². The van der Waals surface area contributed by atoms with E-state index in [2.05, 4.69) is 0 Å². The first-order valence-corrected chi connectivity index (χ1v) is 7.80. The number of benzene rings is 1. The highest BCUT2D eigenvalue weighted by atomic mass is 16.5. The molecule has 1 aliphatic heterocycles. The summed E-state index contributed by atoms with van der Waals surface area (Å²) in [5.74, 6) is -0.0615. The number of carbonyl (C=O) groups excluding carboxylic acids is 2. The topological polar surface area (TPSA) is 49.9 Å². The van der Waals surface area contributed by atoms with Gasteiger partial charge < -0.3 is 14.5 Å². The van der Waals surface area contributed by atoms with Crippen LogP contribution in [0, 0.1) is 5.41 Å². The molecule has 5 nitrogen and oxygen atoms in total. The molecule has 118 valence electrons. The number of carbonyl (C=O) groups is 2. The number of hydrogen-bond acceptors (Lipinski definition) is 3. The molecule has 0 atom stereocenters. The van der Waals surface area contributed by atoms with Crippen LogP contribution in [-0.2, 0) is 20.9 Å². The van der Waals surface area contributed by atoms with Crippen molar-refractivity contribution in [2.24, 2.45) is 5.41 Å². The van der Waals surface area contributed by atoms with Crippen molar-refractivity contribution in [3.05, 3.63) is 35.9 Å². The summed E-state index contributed by atoms with van der Waals surface area (Å²) in [5, 5.41) is 0. The molecule has 2 amide bonds. The maximum absolute atomic E-state index is 12.8. The molecule has 1 aromatic rings. The predicted octanol–water partition coefficient (Wildman–Crippen LogP) is 1.28. The van der Waals surface area contributed by atoms with Crippen LogP contribution in [0.25, 0.3) is 0 Å². The van der Waals surface area contributed by atoms with Crippen LogP contribution < -0.4 is 0 Å². The monoisotopic (exact) mass is 302 g/mol. The van der Waals surface area contributed by atoms with E-state index in [1.807, 2.05) is 30.3 Å². The lowest BCUT2D eigenvalue weighted by Gasteiger charge is -2.31. The van der Waals surface area contributed by atoms with Crippen LogP contribution in [-0.4, -0.2) is 55.0 Å². The molecule has 3 rings (SSSR count). The maximum Gasteiger partial charge on any atom is 0.238 e. The zero-order valence-electron chi connectivity index (χ0n) is 13.0. The zero-order valence-corrected chi connectivity index (χ0v) is 13.0. The van der Waals surface area contributed by atoms with Crippen LogP contribution in [0.2, 0.25) is 0 Å². The van der Waals surface area contributed by atoms with E-state index in [0.29, 0.717) is 45.7 Å². The van der Waals surface area contributed by atoms with Gasteiger partial charge in [-0.1, -0.05) is 30.3 Å². The minimum absolute atomic E-state index is 0.0132. The first-order chi connectivity index (χ1) is 10.6. The van der Waals surface area contributed by atoms with Crippen LogP contribution >= 0.6 is 0 Å². The second-order valence-corrected chi connectivity index (χ2v) is 6.13. The molecular weight excluding hydrogens is 280 g/mol. The van der Waals surface area contributed by atoms with Crippen molar-refractivity contribution in [2.45, 2.75) is 19.4 Å². The van der Waals surface area contributed by atoms with Gasteiger partial charge in [0.15, 0.2) is 0 Å². The molecule has 5 heteroatoms.